The van der Waals surface area contributed by atoms with Crippen LogP contribution >= 0.6 is 22.9 Å². The summed E-state index contributed by atoms with van der Waals surface area (Å²) < 4.78 is 0. The van der Waals surface area contributed by atoms with Gasteiger partial charge in [0.15, 0.2) is 0 Å². The molecule has 0 spiro atoms. The van der Waals surface area contributed by atoms with Crippen molar-refractivity contribution < 1.29 is 9.90 Å². The maximum atomic E-state index is 10.5. The number of aromatic nitrogens is 1. The summed E-state index contributed by atoms with van der Waals surface area (Å²) in [6, 6.07) is 7.44. The van der Waals surface area contributed by atoms with Crippen molar-refractivity contribution in [3.63, 3.8) is 0 Å². The standard InChI is InChI=1S/C12H10ClNO2S/c13-9-3-1-8(2-4-9)12-14-7-10(17-12)5-6-11(15)16/h1-4,7H,5-6H2,(H,15,16). The van der Waals surface area contributed by atoms with Crippen LogP contribution in [0.15, 0.2) is 30.5 Å². The predicted molar refractivity (Wildman–Crippen MR) is 68.5 cm³/mol. The molecular formula is C12H10ClNO2S. The van der Waals surface area contributed by atoms with Crippen LogP contribution in [0.3, 0.4) is 0 Å². The smallest absolute Gasteiger partial charge is 0.303 e. The largest absolute Gasteiger partial charge is 0.481 e. The van der Waals surface area contributed by atoms with Crippen molar-refractivity contribution in [3.05, 3.63) is 40.4 Å². The Kier molecular flexibility index (Phi) is 3.76. The lowest BCUT2D eigenvalue weighted by molar-refractivity contribution is -0.136. The van der Waals surface area contributed by atoms with Crippen molar-refractivity contribution in [2.75, 3.05) is 0 Å². The molecule has 1 aromatic carbocycles. The number of carboxylic acid groups (broad SMARTS) is 1. The first kappa shape index (κ1) is 12.1. The zero-order valence-electron chi connectivity index (χ0n) is 8.89. The van der Waals surface area contributed by atoms with Gasteiger partial charge in [0.25, 0.3) is 0 Å². The number of nitrogens with zero attached hydrogens (tertiary/aromatic N) is 1. The molecule has 0 bridgehead atoms. The van der Waals surface area contributed by atoms with Crippen LogP contribution in [0.25, 0.3) is 10.6 Å². The molecule has 2 aromatic rings. The number of rotatable bonds is 4. The average Bonchev–Trinajstić information content (AvgIpc) is 2.76. The molecule has 0 radical (unpaired) electrons. The summed E-state index contributed by atoms with van der Waals surface area (Å²) in [5.74, 6) is -0.786. The van der Waals surface area contributed by atoms with Crippen LogP contribution in [0, 0.1) is 0 Å². The van der Waals surface area contributed by atoms with E-state index in [-0.39, 0.29) is 6.42 Å². The number of hydrogen-bond donors (Lipinski definition) is 1. The molecular weight excluding hydrogens is 258 g/mol. The second kappa shape index (κ2) is 5.29. The maximum Gasteiger partial charge on any atom is 0.303 e. The van der Waals surface area contributed by atoms with Gasteiger partial charge in [-0.3, -0.25) is 4.79 Å². The minimum absolute atomic E-state index is 0.141. The molecule has 0 atom stereocenters. The zero-order chi connectivity index (χ0) is 12.3. The van der Waals surface area contributed by atoms with Gasteiger partial charge >= 0.3 is 5.97 Å². The van der Waals surface area contributed by atoms with Crippen molar-refractivity contribution in [2.24, 2.45) is 0 Å². The Labute approximate surface area is 108 Å². The Morgan fingerprint density at radius 2 is 2.06 bits per heavy atom. The lowest BCUT2D eigenvalue weighted by Gasteiger charge is -1.95. The third kappa shape index (κ3) is 3.28. The van der Waals surface area contributed by atoms with E-state index in [1.54, 1.807) is 6.20 Å². The second-order valence-electron chi connectivity index (χ2n) is 3.53. The SMILES string of the molecule is O=C(O)CCc1cnc(-c2ccc(Cl)cc2)s1. The fourth-order valence-electron chi connectivity index (χ4n) is 1.38. The van der Waals surface area contributed by atoms with E-state index in [9.17, 15) is 4.79 Å². The fourth-order valence-corrected chi connectivity index (χ4v) is 2.42. The van der Waals surface area contributed by atoms with E-state index in [0.717, 1.165) is 15.4 Å². The highest BCUT2D eigenvalue weighted by Crippen LogP contribution is 2.26. The molecule has 2 rings (SSSR count). The number of thiazole rings is 1. The molecule has 1 aromatic heterocycles. The molecule has 0 saturated heterocycles. The van der Waals surface area contributed by atoms with Crippen molar-refractivity contribution in [1.29, 1.82) is 0 Å². The van der Waals surface area contributed by atoms with E-state index in [1.807, 2.05) is 24.3 Å². The second-order valence-corrected chi connectivity index (χ2v) is 5.08. The van der Waals surface area contributed by atoms with Gasteiger partial charge < -0.3 is 5.11 Å². The first-order chi connectivity index (χ1) is 8.15. The summed E-state index contributed by atoms with van der Waals surface area (Å²) in [6.07, 6.45) is 2.40. The lowest BCUT2D eigenvalue weighted by Crippen LogP contribution is -1.95. The molecule has 0 aliphatic heterocycles. The van der Waals surface area contributed by atoms with Gasteiger partial charge in [0.05, 0.1) is 6.42 Å². The topological polar surface area (TPSA) is 50.2 Å². The van der Waals surface area contributed by atoms with Gasteiger partial charge in [-0.15, -0.1) is 11.3 Å². The molecule has 0 unspecified atom stereocenters. The zero-order valence-corrected chi connectivity index (χ0v) is 10.5. The molecule has 0 saturated carbocycles. The highest BCUT2D eigenvalue weighted by atomic mass is 35.5. The fraction of sp³-hybridized carbons (Fsp3) is 0.167. The predicted octanol–water partition coefficient (Wildman–Crippen LogP) is 3.48. The van der Waals surface area contributed by atoms with Crippen LogP contribution in [0.5, 0.6) is 0 Å². The molecule has 0 aliphatic carbocycles. The van der Waals surface area contributed by atoms with Crippen LogP contribution in [-0.2, 0) is 11.2 Å². The molecule has 17 heavy (non-hydrogen) atoms. The number of hydrogen-bond acceptors (Lipinski definition) is 3. The van der Waals surface area contributed by atoms with E-state index < -0.39 is 5.97 Å². The highest BCUT2D eigenvalue weighted by molar-refractivity contribution is 7.15. The number of carboxylic acids is 1. The Bertz CT molecular complexity index is 522. The molecule has 1 N–H and O–H groups in total. The molecule has 1 heterocycles. The summed E-state index contributed by atoms with van der Waals surface area (Å²) >= 11 is 7.32. The molecule has 0 aliphatic rings. The number of benzene rings is 1. The highest BCUT2D eigenvalue weighted by Gasteiger charge is 2.06. The summed E-state index contributed by atoms with van der Waals surface area (Å²) in [6.45, 7) is 0. The van der Waals surface area contributed by atoms with Crippen molar-refractivity contribution in [2.45, 2.75) is 12.8 Å². The van der Waals surface area contributed by atoms with Crippen molar-refractivity contribution >= 4 is 28.9 Å². The van der Waals surface area contributed by atoms with Crippen molar-refractivity contribution in [1.82, 2.24) is 4.98 Å². The molecule has 5 heteroatoms. The monoisotopic (exact) mass is 267 g/mol. The normalized spacial score (nSPS) is 10.4. The molecule has 0 amide bonds. The minimum Gasteiger partial charge on any atom is -0.481 e. The van der Waals surface area contributed by atoms with Gasteiger partial charge in [-0.25, -0.2) is 4.98 Å². The van der Waals surface area contributed by atoms with Gasteiger partial charge in [0, 0.05) is 21.7 Å². The van der Waals surface area contributed by atoms with E-state index in [4.69, 9.17) is 16.7 Å². The Hall–Kier alpha value is -1.39. The number of carbonyl (C=O) groups is 1. The third-order valence-corrected chi connectivity index (χ3v) is 3.59. The molecule has 3 nitrogen and oxygen atoms in total. The number of aryl methyl sites for hydroxylation is 1. The Morgan fingerprint density at radius 1 is 1.35 bits per heavy atom. The van der Waals surface area contributed by atoms with Crippen LogP contribution < -0.4 is 0 Å². The van der Waals surface area contributed by atoms with E-state index in [1.165, 1.54) is 11.3 Å². The lowest BCUT2D eigenvalue weighted by atomic mass is 10.2. The summed E-state index contributed by atoms with van der Waals surface area (Å²) in [4.78, 5) is 15.7. The quantitative estimate of drug-likeness (QED) is 0.923. The van der Waals surface area contributed by atoms with Crippen LogP contribution in [0.2, 0.25) is 5.02 Å². The van der Waals surface area contributed by atoms with Gasteiger partial charge in [-0.05, 0) is 18.6 Å². The van der Waals surface area contributed by atoms with Crippen LogP contribution in [0.4, 0.5) is 0 Å². The average molecular weight is 268 g/mol. The Balaban J connectivity index is 2.12. The first-order valence-corrected chi connectivity index (χ1v) is 6.27. The number of halogens is 1. The minimum atomic E-state index is -0.786. The van der Waals surface area contributed by atoms with Gasteiger partial charge in [0.2, 0.25) is 0 Å². The van der Waals surface area contributed by atoms with Gasteiger partial charge in [-0.2, -0.15) is 0 Å². The third-order valence-electron chi connectivity index (χ3n) is 2.23. The van der Waals surface area contributed by atoms with Crippen molar-refractivity contribution in [3.8, 4) is 10.6 Å². The molecule has 88 valence electrons. The van der Waals surface area contributed by atoms with E-state index in [0.29, 0.717) is 11.4 Å². The molecule has 0 fully saturated rings. The summed E-state index contributed by atoms with van der Waals surface area (Å²) in [5.41, 5.74) is 1.00. The van der Waals surface area contributed by atoms with Gasteiger partial charge in [0.1, 0.15) is 5.01 Å². The van der Waals surface area contributed by atoms with Crippen LogP contribution in [0.1, 0.15) is 11.3 Å². The number of aliphatic carboxylic acids is 1. The Morgan fingerprint density at radius 3 is 2.71 bits per heavy atom. The van der Waals surface area contributed by atoms with E-state index in [2.05, 4.69) is 4.98 Å². The first-order valence-electron chi connectivity index (χ1n) is 5.07. The summed E-state index contributed by atoms with van der Waals surface area (Å²) in [7, 11) is 0. The maximum absolute atomic E-state index is 10.5. The van der Waals surface area contributed by atoms with Gasteiger partial charge in [-0.1, -0.05) is 23.7 Å². The summed E-state index contributed by atoms with van der Waals surface area (Å²) in [5, 5.41) is 10.2. The van der Waals surface area contributed by atoms with Crippen LogP contribution in [-0.4, -0.2) is 16.1 Å². The van der Waals surface area contributed by atoms with E-state index >= 15 is 0 Å².